The molecule has 0 aromatic heterocycles. The summed E-state index contributed by atoms with van der Waals surface area (Å²) < 4.78 is 15.9. The maximum atomic E-state index is 13.1. The van der Waals surface area contributed by atoms with Gasteiger partial charge in [0.1, 0.15) is 11.5 Å². The number of rotatable bonds is 7. The van der Waals surface area contributed by atoms with E-state index in [2.05, 4.69) is 6.07 Å². The number of esters is 2. The Morgan fingerprint density at radius 1 is 1.09 bits per heavy atom. The molecule has 0 bridgehead atoms. The molecule has 2 aromatic rings. The van der Waals surface area contributed by atoms with E-state index >= 15 is 0 Å². The molecule has 0 saturated carbocycles. The summed E-state index contributed by atoms with van der Waals surface area (Å²) in [7, 11) is 2.38. The minimum absolute atomic E-state index is 0.0562. The number of allylic oxidation sites excluding steroid dienone is 1. The van der Waals surface area contributed by atoms with Crippen molar-refractivity contribution >= 4 is 29.2 Å². The molecule has 1 heterocycles. The minimum Gasteiger partial charge on any atom is -0.490 e. The van der Waals surface area contributed by atoms with Crippen LogP contribution in [-0.4, -0.2) is 32.8 Å². The molecule has 1 atom stereocenters. The predicted molar refractivity (Wildman–Crippen MR) is 127 cm³/mol. The highest BCUT2D eigenvalue weighted by Gasteiger charge is 2.43. The fourth-order valence-corrected chi connectivity index (χ4v) is 4.01. The van der Waals surface area contributed by atoms with Crippen LogP contribution in [0.2, 0.25) is 5.02 Å². The van der Waals surface area contributed by atoms with Crippen molar-refractivity contribution in [2.45, 2.75) is 19.3 Å². The molecule has 3 rings (SSSR count). The molecule has 0 fully saturated rings. The van der Waals surface area contributed by atoms with Gasteiger partial charge in [-0.2, -0.15) is 5.26 Å². The molecule has 2 aromatic carbocycles. The van der Waals surface area contributed by atoms with Gasteiger partial charge < -0.3 is 19.9 Å². The summed E-state index contributed by atoms with van der Waals surface area (Å²) in [6.07, 6.45) is 0.697. The summed E-state index contributed by atoms with van der Waals surface area (Å²) in [4.78, 5) is 27.5. The number of nitrogens with two attached hydrogens (primary N) is 1. The van der Waals surface area contributed by atoms with Crippen molar-refractivity contribution in [3.8, 4) is 11.8 Å². The van der Waals surface area contributed by atoms with E-state index in [1.54, 1.807) is 48.5 Å². The first-order valence-corrected chi connectivity index (χ1v) is 10.9. The number of ether oxygens (including phenoxy) is 3. The summed E-state index contributed by atoms with van der Waals surface area (Å²) in [5.41, 5.74) is 7.15. The number of methoxy groups -OCH3 is 2. The molecular weight excluding hydrogens is 458 g/mol. The van der Waals surface area contributed by atoms with E-state index in [4.69, 9.17) is 31.5 Å². The van der Waals surface area contributed by atoms with Crippen LogP contribution in [0.5, 0.6) is 5.75 Å². The lowest BCUT2D eigenvalue weighted by Gasteiger charge is -2.36. The van der Waals surface area contributed by atoms with Gasteiger partial charge in [0.05, 0.1) is 54.7 Å². The van der Waals surface area contributed by atoms with Crippen LogP contribution in [0.15, 0.2) is 71.2 Å². The lowest BCUT2D eigenvalue weighted by atomic mass is 9.81. The molecule has 0 saturated heterocycles. The Labute approximate surface area is 202 Å². The van der Waals surface area contributed by atoms with Gasteiger partial charge in [-0.25, -0.2) is 9.59 Å². The summed E-state index contributed by atoms with van der Waals surface area (Å²) in [5.74, 6) is -2.42. The maximum absolute atomic E-state index is 13.1. The van der Waals surface area contributed by atoms with Crippen molar-refractivity contribution < 1.29 is 23.8 Å². The topological polar surface area (TPSA) is 115 Å². The van der Waals surface area contributed by atoms with Crippen molar-refractivity contribution in [3.05, 3.63) is 81.8 Å². The smallest absolute Gasteiger partial charge is 0.355 e. The van der Waals surface area contributed by atoms with E-state index in [-0.39, 0.29) is 39.1 Å². The highest BCUT2D eigenvalue weighted by Crippen LogP contribution is 2.46. The third-order valence-corrected chi connectivity index (χ3v) is 5.55. The van der Waals surface area contributed by atoms with Crippen LogP contribution in [0.4, 0.5) is 5.69 Å². The maximum Gasteiger partial charge on any atom is 0.355 e. The molecule has 1 aliphatic heterocycles. The van der Waals surface area contributed by atoms with E-state index in [1.807, 2.05) is 6.92 Å². The van der Waals surface area contributed by atoms with Gasteiger partial charge in [-0.15, -0.1) is 0 Å². The zero-order valence-electron chi connectivity index (χ0n) is 19.0. The Balaban J connectivity index is 2.42. The normalized spacial score (nSPS) is 15.6. The second-order valence-electron chi connectivity index (χ2n) is 7.27. The van der Waals surface area contributed by atoms with Crippen molar-refractivity contribution in [1.29, 1.82) is 5.26 Å². The highest BCUT2D eigenvalue weighted by atomic mass is 35.5. The first-order chi connectivity index (χ1) is 16.4. The molecule has 8 nitrogen and oxygen atoms in total. The molecule has 0 aliphatic carbocycles. The summed E-state index contributed by atoms with van der Waals surface area (Å²) in [5, 5.41) is 10.4. The Kier molecular flexibility index (Phi) is 7.82. The average molecular weight is 482 g/mol. The van der Waals surface area contributed by atoms with E-state index in [0.29, 0.717) is 18.6 Å². The molecule has 9 heteroatoms. The van der Waals surface area contributed by atoms with Crippen molar-refractivity contribution in [2.24, 2.45) is 5.73 Å². The van der Waals surface area contributed by atoms with E-state index in [9.17, 15) is 14.9 Å². The highest BCUT2D eigenvalue weighted by molar-refractivity contribution is 6.32. The number of benzene rings is 2. The zero-order valence-corrected chi connectivity index (χ0v) is 19.8. The summed E-state index contributed by atoms with van der Waals surface area (Å²) in [6.45, 7) is 2.27. The zero-order chi connectivity index (χ0) is 24.8. The number of para-hydroxylation sites is 1. The van der Waals surface area contributed by atoms with Crippen molar-refractivity contribution in [3.63, 3.8) is 0 Å². The second-order valence-corrected chi connectivity index (χ2v) is 7.68. The third-order valence-electron chi connectivity index (χ3n) is 5.25. The minimum atomic E-state index is -0.955. The molecule has 0 radical (unpaired) electrons. The molecule has 0 spiro atoms. The number of nitriles is 1. The lowest BCUT2D eigenvalue weighted by Crippen LogP contribution is -2.41. The molecule has 34 heavy (non-hydrogen) atoms. The van der Waals surface area contributed by atoms with Gasteiger partial charge in [-0.1, -0.05) is 54.9 Å². The number of hydrogen-bond acceptors (Lipinski definition) is 8. The first kappa shape index (κ1) is 24.7. The molecule has 0 amide bonds. The number of carbonyl (C=O) groups is 2. The number of carbonyl (C=O) groups excluding carboxylic acids is 2. The van der Waals surface area contributed by atoms with Gasteiger partial charge in [-0.05, 0) is 24.1 Å². The van der Waals surface area contributed by atoms with Crippen LogP contribution in [0, 0.1) is 11.3 Å². The van der Waals surface area contributed by atoms with Crippen LogP contribution in [0.25, 0.3) is 0 Å². The quantitative estimate of drug-likeness (QED) is 0.589. The monoisotopic (exact) mass is 481 g/mol. The second kappa shape index (κ2) is 10.8. The molecule has 1 aliphatic rings. The predicted octanol–water partition coefficient (Wildman–Crippen LogP) is 4.03. The van der Waals surface area contributed by atoms with Crippen LogP contribution < -0.4 is 15.4 Å². The van der Waals surface area contributed by atoms with E-state index in [0.717, 1.165) is 0 Å². The van der Waals surface area contributed by atoms with Gasteiger partial charge in [0, 0.05) is 0 Å². The van der Waals surface area contributed by atoms with E-state index < -0.39 is 17.9 Å². The fourth-order valence-electron chi connectivity index (χ4n) is 3.78. The van der Waals surface area contributed by atoms with Gasteiger partial charge in [0.25, 0.3) is 0 Å². The number of hydrogen-bond donors (Lipinski definition) is 1. The number of nitrogens with zero attached hydrogens (tertiary/aromatic N) is 2. The third kappa shape index (κ3) is 4.43. The van der Waals surface area contributed by atoms with Gasteiger partial charge >= 0.3 is 11.9 Å². The molecule has 1 unspecified atom stereocenters. The Morgan fingerprint density at radius 3 is 2.35 bits per heavy atom. The standard InChI is InChI=1S/C25H24ClN3O5/c1-4-13-34-22-17(26)11-8-12-18(22)29-21(25(31)33-3)20(24(30)32-2)19(16(14-27)23(29)28)15-9-6-5-7-10-15/h5-12,19H,4,13,28H2,1-3H3. The Morgan fingerprint density at radius 2 is 1.76 bits per heavy atom. The Hall–Kier alpha value is -3.96. The van der Waals surface area contributed by atoms with Gasteiger partial charge in [0.15, 0.2) is 5.75 Å². The summed E-state index contributed by atoms with van der Waals surface area (Å²) in [6, 6.07) is 15.8. The number of halogens is 1. The largest absolute Gasteiger partial charge is 0.490 e. The first-order valence-electron chi connectivity index (χ1n) is 10.5. The SMILES string of the molecule is CCCOc1c(Cl)cccc1N1C(N)=C(C#N)C(c2ccccc2)C(C(=O)OC)=C1C(=O)OC. The van der Waals surface area contributed by atoms with Crippen LogP contribution in [0.3, 0.4) is 0 Å². The molecular formula is C25H24ClN3O5. The number of anilines is 1. The lowest BCUT2D eigenvalue weighted by molar-refractivity contribution is -0.139. The summed E-state index contributed by atoms with van der Waals surface area (Å²) >= 11 is 6.42. The van der Waals surface area contributed by atoms with Crippen LogP contribution >= 0.6 is 11.6 Å². The van der Waals surface area contributed by atoms with Gasteiger partial charge in [0.2, 0.25) is 0 Å². The van der Waals surface area contributed by atoms with Crippen LogP contribution in [-0.2, 0) is 19.1 Å². The molecule has 2 N–H and O–H groups in total. The van der Waals surface area contributed by atoms with Gasteiger partial charge in [-0.3, -0.25) is 4.90 Å². The van der Waals surface area contributed by atoms with Crippen molar-refractivity contribution in [2.75, 3.05) is 25.7 Å². The molecule has 176 valence electrons. The van der Waals surface area contributed by atoms with Crippen molar-refractivity contribution in [1.82, 2.24) is 0 Å². The fraction of sp³-hybridized carbons (Fsp3) is 0.240. The van der Waals surface area contributed by atoms with Crippen LogP contribution in [0.1, 0.15) is 24.8 Å². The van der Waals surface area contributed by atoms with E-state index in [1.165, 1.54) is 19.1 Å². The average Bonchev–Trinajstić information content (AvgIpc) is 2.86. The Bertz CT molecular complexity index is 1200.